The van der Waals surface area contributed by atoms with E-state index in [9.17, 15) is 4.79 Å². The lowest BCUT2D eigenvalue weighted by molar-refractivity contribution is 0.102. The molecule has 27 heavy (non-hydrogen) atoms. The molecule has 1 aromatic heterocycles. The second-order valence-corrected chi connectivity index (χ2v) is 6.67. The number of carbonyl (C=O) groups excluding carboxylic acids is 1. The first-order chi connectivity index (χ1) is 12.9. The summed E-state index contributed by atoms with van der Waals surface area (Å²) in [6.07, 6.45) is 1.71. The summed E-state index contributed by atoms with van der Waals surface area (Å²) in [5.41, 5.74) is 5.35. The van der Waals surface area contributed by atoms with Crippen molar-refractivity contribution in [1.82, 2.24) is 10.2 Å². The Morgan fingerprint density at radius 1 is 0.963 bits per heavy atom. The van der Waals surface area contributed by atoms with Crippen LogP contribution < -0.4 is 15.5 Å². The minimum atomic E-state index is -0.113. The molecular formula is C21H23N5O. The van der Waals surface area contributed by atoms with Gasteiger partial charge >= 0.3 is 0 Å². The van der Waals surface area contributed by atoms with Crippen molar-refractivity contribution < 1.29 is 4.79 Å². The Labute approximate surface area is 159 Å². The van der Waals surface area contributed by atoms with E-state index in [0.717, 1.165) is 28.2 Å². The van der Waals surface area contributed by atoms with E-state index < -0.39 is 0 Å². The second-order valence-electron chi connectivity index (χ2n) is 6.67. The van der Waals surface area contributed by atoms with Gasteiger partial charge < -0.3 is 15.5 Å². The van der Waals surface area contributed by atoms with Gasteiger partial charge in [-0.1, -0.05) is 17.7 Å². The number of benzene rings is 2. The van der Waals surface area contributed by atoms with Crippen LogP contribution in [-0.2, 0) is 0 Å². The van der Waals surface area contributed by atoms with Gasteiger partial charge in [-0.2, -0.15) is 5.10 Å². The van der Waals surface area contributed by atoms with Gasteiger partial charge in [0.2, 0.25) is 0 Å². The molecule has 0 aliphatic rings. The smallest absolute Gasteiger partial charge is 0.255 e. The number of nitrogens with one attached hydrogen (secondary N) is 2. The zero-order valence-electron chi connectivity index (χ0n) is 15.9. The van der Waals surface area contributed by atoms with Crippen LogP contribution >= 0.6 is 0 Å². The van der Waals surface area contributed by atoms with Gasteiger partial charge in [0.25, 0.3) is 5.91 Å². The summed E-state index contributed by atoms with van der Waals surface area (Å²) in [4.78, 5) is 14.4. The number of aromatic nitrogens is 2. The molecule has 1 heterocycles. The third kappa shape index (κ3) is 4.61. The Bertz CT molecular complexity index is 951. The minimum Gasteiger partial charge on any atom is -0.376 e. The van der Waals surface area contributed by atoms with Crippen molar-refractivity contribution in [3.8, 4) is 0 Å². The molecule has 0 fully saturated rings. The van der Waals surface area contributed by atoms with Crippen molar-refractivity contribution in [3.63, 3.8) is 0 Å². The molecule has 6 heteroatoms. The summed E-state index contributed by atoms with van der Waals surface area (Å²) in [6.45, 7) is 3.96. The lowest BCUT2D eigenvalue weighted by Gasteiger charge is -2.13. The average molecular weight is 361 g/mol. The zero-order chi connectivity index (χ0) is 19.4. The van der Waals surface area contributed by atoms with E-state index in [-0.39, 0.29) is 5.91 Å². The van der Waals surface area contributed by atoms with Crippen LogP contribution in [0.5, 0.6) is 0 Å². The standard InChI is InChI=1S/C21H23N5O/c1-14-5-10-19(15(2)11-14)21(27)24-17-8-6-16(7-9-17)23-20-12-18(26(3)4)13-22-25-20/h5-13H,1-4H3,(H,23,25)(H,24,27). The molecule has 3 rings (SSSR count). The molecule has 0 saturated heterocycles. The number of anilines is 4. The van der Waals surface area contributed by atoms with Gasteiger partial charge in [0.15, 0.2) is 5.82 Å². The van der Waals surface area contributed by atoms with Gasteiger partial charge in [0.1, 0.15) is 0 Å². The van der Waals surface area contributed by atoms with E-state index in [1.54, 1.807) is 6.20 Å². The van der Waals surface area contributed by atoms with Crippen LogP contribution in [0.15, 0.2) is 54.7 Å². The highest BCUT2D eigenvalue weighted by atomic mass is 16.1. The number of rotatable bonds is 5. The molecule has 6 nitrogen and oxygen atoms in total. The molecule has 0 atom stereocenters. The van der Waals surface area contributed by atoms with E-state index in [0.29, 0.717) is 11.4 Å². The molecule has 2 aromatic carbocycles. The average Bonchev–Trinajstić information content (AvgIpc) is 2.63. The molecule has 0 saturated carbocycles. The van der Waals surface area contributed by atoms with Crippen LogP contribution in [0.2, 0.25) is 0 Å². The van der Waals surface area contributed by atoms with Crippen LogP contribution in [0.25, 0.3) is 0 Å². The van der Waals surface area contributed by atoms with E-state index in [2.05, 4.69) is 20.8 Å². The summed E-state index contributed by atoms with van der Waals surface area (Å²) in [7, 11) is 3.90. The summed E-state index contributed by atoms with van der Waals surface area (Å²) in [5.74, 6) is 0.547. The second kappa shape index (κ2) is 7.86. The molecule has 2 N–H and O–H groups in total. The summed E-state index contributed by atoms with van der Waals surface area (Å²) >= 11 is 0. The van der Waals surface area contributed by atoms with Gasteiger partial charge in [0, 0.05) is 37.1 Å². The summed E-state index contributed by atoms with van der Waals surface area (Å²) in [6, 6.07) is 15.2. The first-order valence-corrected chi connectivity index (χ1v) is 8.68. The van der Waals surface area contributed by atoms with E-state index in [1.165, 1.54) is 0 Å². The van der Waals surface area contributed by atoms with Crippen molar-refractivity contribution in [2.75, 3.05) is 29.6 Å². The SMILES string of the molecule is Cc1ccc(C(=O)Nc2ccc(Nc3cc(N(C)C)cnn3)cc2)c(C)c1. The molecule has 3 aromatic rings. The first-order valence-electron chi connectivity index (χ1n) is 8.68. The van der Waals surface area contributed by atoms with Crippen LogP contribution in [0.3, 0.4) is 0 Å². The van der Waals surface area contributed by atoms with Crippen LogP contribution in [-0.4, -0.2) is 30.2 Å². The van der Waals surface area contributed by atoms with Crippen molar-refractivity contribution >= 4 is 28.8 Å². The number of nitrogens with zero attached hydrogens (tertiary/aromatic N) is 3. The third-order valence-electron chi connectivity index (χ3n) is 4.20. The van der Waals surface area contributed by atoms with Crippen LogP contribution in [0.1, 0.15) is 21.5 Å². The van der Waals surface area contributed by atoms with Crippen molar-refractivity contribution in [3.05, 3.63) is 71.4 Å². The molecule has 0 radical (unpaired) electrons. The highest BCUT2D eigenvalue weighted by Crippen LogP contribution is 2.21. The highest BCUT2D eigenvalue weighted by molar-refractivity contribution is 6.05. The monoisotopic (exact) mass is 361 g/mol. The van der Waals surface area contributed by atoms with Gasteiger partial charge in [-0.3, -0.25) is 4.79 Å². The van der Waals surface area contributed by atoms with Gasteiger partial charge in [0.05, 0.1) is 11.9 Å². The van der Waals surface area contributed by atoms with E-state index >= 15 is 0 Å². The predicted octanol–water partition coefficient (Wildman–Crippen LogP) is 4.16. The first kappa shape index (κ1) is 18.4. The lowest BCUT2D eigenvalue weighted by atomic mass is 10.1. The Balaban J connectivity index is 1.68. The zero-order valence-corrected chi connectivity index (χ0v) is 15.9. The van der Waals surface area contributed by atoms with Gasteiger partial charge in [-0.25, -0.2) is 0 Å². The summed E-state index contributed by atoms with van der Waals surface area (Å²) in [5, 5.41) is 14.2. The van der Waals surface area contributed by atoms with Crippen LogP contribution in [0.4, 0.5) is 22.9 Å². The van der Waals surface area contributed by atoms with Crippen LogP contribution in [0, 0.1) is 13.8 Å². The fourth-order valence-corrected chi connectivity index (χ4v) is 2.71. The topological polar surface area (TPSA) is 70.2 Å². The molecule has 0 aliphatic heterocycles. The van der Waals surface area contributed by atoms with Crippen molar-refractivity contribution in [1.29, 1.82) is 0 Å². The normalized spacial score (nSPS) is 10.4. The molecule has 138 valence electrons. The van der Waals surface area contributed by atoms with Crippen molar-refractivity contribution in [2.45, 2.75) is 13.8 Å². The largest absolute Gasteiger partial charge is 0.376 e. The predicted molar refractivity (Wildman–Crippen MR) is 110 cm³/mol. The maximum Gasteiger partial charge on any atom is 0.255 e. The summed E-state index contributed by atoms with van der Waals surface area (Å²) < 4.78 is 0. The Morgan fingerprint density at radius 2 is 1.67 bits per heavy atom. The van der Waals surface area contributed by atoms with Gasteiger partial charge in [-0.15, -0.1) is 5.10 Å². The number of amides is 1. The van der Waals surface area contributed by atoms with E-state index in [1.807, 2.05) is 81.4 Å². The molecule has 0 bridgehead atoms. The number of hydrogen-bond donors (Lipinski definition) is 2. The number of hydrogen-bond acceptors (Lipinski definition) is 5. The fourth-order valence-electron chi connectivity index (χ4n) is 2.71. The van der Waals surface area contributed by atoms with E-state index in [4.69, 9.17) is 0 Å². The maximum atomic E-state index is 12.5. The van der Waals surface area contributed by atoms with Gasteiger partial charge in [-0.05, 0) is 49.7 Å². The Kier molecular flexibility index (Phi) is 5.35. The molecule has 0 unspecified atom stereocenters. The minimum absolute atomic E-state index is 0.113. The third-order valence-corrected chi connectivity index (χ3v) is 4.20. The Hall–Kier alpha value is -3.41. The molecular weight excluding hydrogens is 338 g/mol. The number of aryl methyl sites for hydroxylation is 2. The fraction of sp³-hybridized carbons (Fsp3) is 0.190. The number of carbonyl (C=O) groups is 1. The lowest BCUT2D eigenvalue weighted by Crippen LogP contribution is -2.13. The molecule has 0 spiro atoms. The molecule has 1 amide bonds. The van der Waals surface area contributed by atoms with Crippen molar-refractivity contribution in [2.24, 2.45) is 0 Å². The maximum absolute atomic E-state index is 12.5. The molecule has 0 aliphatic carbocycles. The highest BCUT2D eigenvalue weighted by Gasteiger charge is 2.09. The Morgan fingerprint density at radius 3 is 2.33 bits per heavy atom. The quantitative estimate of drug-likeness (QED) is 0.714.